The van der Waals surface area contributed by atoms with Gasteiger partial charge < -0.3 is 5.11 Å². The zero-order chi connectivity index (χ0) is 12.3. The van der Waals surface area contributed by atoms with E-state index in [-0.39, 0.29) is 16.1 Å². The number of halogens is 1. The monoisotopic (exact) mass is 240 g/mol. The molecule has 0 bridgehead atoms. The van der Waals surface area contributed by atoms with Crippen LogP contribution in [0.5, 0.6) is 0 Å². The zero-order valence-electron chi connectivity index (χ0n) is 7.81. The van der Waals surface area contributed by atoms with Crippen molar-refractivity contribution in [2.75, 3.05) is 0 Å². The quantitative estimate of drug-likeness (QED) is 0.640. The van der Waals surface area contributed by atoms with E-state index in [1.165, 1.54) is 12.1 Å². The molecule has 0 fully saturated rings. The van der Waals surface area contributed by atoms with Crippen LogP contribution in [-0.4, -0.2) is 16.0 Å². The van der Waals surface area contributed by atoms with Gasteiger partial charge in [0.15, 0.2) is 0 Å². The molecule has 0 aromatic heterocycles. The summed E-state index contributed by atoms with van der Waals surface area (Å²) in [5, 5.41) is 27.9. The normalized spacial score (nSPS) is 9.50. The first kappa shape index (κ1) is 11.9. The number of nitro groups is 1. The summed E-state index contributed by atoms with van der Waals surface area (Å²) in [4.78, 5) is 20.5. The summed E-state index contributed by atoms with van der Waals surface area (Å²) in [7, 11) is 0. The number of hydrogen-bond acceptors (Lipinski definition) is 4. The minimum Gasteiger partial charge on any atom is -0.481 e. The first-order valence-corrected chi connectivity index (χ1v) is 4.42. The average molecular weight is 241 g/mol. The molecule has 1 N–H and O–H groups in total. The summed E-state index contributed by atoms with van der Waals surface area (Å²) >= 11 is 5.59. The highest BCUT2D eigenvalue weighted by molar-refractivity contribution is 6.32. The fourth-order valence-corrected chi connectivity index (χ4v) is 1.49. The Kier molecular flexibility index (Phi) is 3.43. The molecule has 82 valence electrons. The van der Waals surface area contributed by atoms with Gasteiger partial charge in [-0.25, -0.2) is 0 Å². The molecule has 1 rings (SSSR count). The van der Waals surface area contributed by atoms with E-state index in [1.807, 2.05) is 0 Å². The Hall–Kier alpha value is -2.13. The standard InChI is InChI=1S/C9H5ClN2O4/c10-7-2-1-5(4-11)6(3-8(13)14)9(7)12(15)16/h1-2H,3H2,(H,13,14). The van der Waals surface area contributed by atoms with Crippen molar-refractivity contribution in [3.63, 3.8) is 0 Å². The molecule has 0 amide bonds. The van der Waals surface area contributed by atoms with Crippen LogP contribution in [0.25, 0.3) is 0 Å². The van der Waals surface area contributed by atoms with Crippen LogP contribution in [0, 0.1) is 21.4 Å². The molecule has 1 aromatic carbocycles. The van der Waals surface area contributed by atoms with Crippen molar-refractivity contribution in [3.05, 3.63) is 38.4 Å². The van der Waals surface area contributed by atoms with Crippen LogP contribution in [0.2, 0.25) is 5.02 Å². The van der Waals surface area contributed by atoms with Crippen LogP contribution in [0.4, 0.5) is 5.69 Å². The summed E-state index contributed by atoms with van der Waals surface area (Å²) in [6.07, 6.45) is -0.611. The van der Waals surface area contributed by atoms with Crippen molar-refractivity contribution in [2.45, 2.75) is 6.42 Å². The van der Waals surface area contributed by atoms with Crippen molar-refractivity contribution >= 4 is 23.3 Å². The van der Waals surface area contributed by atoms with E-state index < -0.39 is 23.0 Å². The molecule has 6 nitrogen and oxygen atoms in total. The van der Waals surface area contributed by atoms with Crippen LogP contribution in [0.3, 0.4) is 0 Å². The molecular weight excluding hydrogens is 236 g/mol. The van der Waals surface area contributed by atoms with Crippen molar-refractivity contribution in [1.29, 1.82) is 5.26 Å². The minimum atomic E-state index is -1.26. The minimum absolute atomic E-state index is 0.0569. The van der Waals surface area contributed by atoms with E-state index >= 15 is 0 Å². The summed E-state index contributed by atoms with van der Waals surface area (Å²) in [5.41, 5.74) is -0.755. The second-order valence-electron chi connectivity index (χ2n) is 2.86. The van der Waals surface area contributed by atoms with E-state index in [9.17, 15) is 14.9 Å². The Balaban J connectivity index is 3.50. The van der Waals surface area contributed by atoms with E-state index in [4.69, 9.17) is 22.0 Å². The van der Waals surface area contributed by atoms with Gasteiger partial charge in [-0.1, -0.05) is 11.6 Å². The lowest BCUT2D eigenvalue weighted by Crippen LogP contribution is -2.06. The third-order valence-corrected chi connectivity index (χ3v) is 2.17. The second-order valence-corrected chi connectivity index (χ2v) is 3.27. The molecule has 16 heavy (non-hydrogen) atoms. The number of nitro benzene ring substituents is 1. The molecular formula is C9H5ClN2O4. The lowest BCUT2D eigenvalue weighted by atomic mass is 10.0. The summed E-state index contributed by atoms with van der Waals surface area (Å²) in [6.45, 7) is 0. The molecule has 0 aliphatic rings. The van der Waals surface area contributed by atoms with Gasteiger partial charge in [0.25, 0.3) is 5.69 Å². The number of nitriles is 1. The highest BCUT2D eigenvalue weighted by Gasteiger charge is 2.23. The number of hydrogen-bond donors (Lipinski definition) is 1. The third-order valence-electron chi connectivity index (χ3n) is 1.86. The highest BCUT2D eigenvalue weighted by atomic mass is 35.5. The highest BCUT2D eigenvalue weighted by Crippen LogP contribution is 2.31. The van der Waals surface area contributed by atoms with E-state index in [2.05, 4.69) is 0 Å². The molecule has 0 radical (unpaired) electrons. The molecule has 0 saturated heterocycles. The fourth-order valence-electron chi connectivity index (χ4n) is 1.24. The summed E-state index contributed by atoms with van der Waals surface area (Å²) in [6, 6.07) is 4.15. The fraction of sp³-hybridized carbons (Fsp3) is 0.111. The first-order chi connectivity index (χ1) is 7.47. The smallest absolute Gasteiger partial charge is 0.308 e. The molecule has 0 aliphatic carbocycles. The first-order valence-electron chi connectivity index (χ1n) is 4.05. The van der Waals surface area contributed by atoms with Gasteiger partial charge in [0.2, 0.25) is 0 Å². The lowest BCUT2D eigenvalue weighted by Gasteiger charge is -2.03. The van der Waals surface area contributed by atoms with Crippen molar-refractivity contribution in [1.82, 2.24) is 0 Å². The molecule has 0 spiro atoms. The largest absolute Gasteiger partial charge is 0.481 e. The number of carboxylic acids is 1. The molecule has 7 heteroatoms. The third kappa shape index (κ3) is 2.27. The number of benzene rings is 1. The predicted octanol–water partition coefficient (Wildman–Crippen LogP) is 1.75. The van der Waals surface area contributed by atoms with Gasteiger partial charge in [-0.2, -0.15) is 5.26 Å². The van der Waals surface area contributed by atoms with E-state index in [1.54, 1.807) is 6.07 Å². The maximum atomic E-state index is 10.7. The SMILES string of the molecule is N#Cc1ccc(Cl)c([N+](=O)[O-])c1CC(=O)O. The summed E-state index contributed by atoms with van der Waals surface area (Å²) < 4.78 is 0. The number of nitrogens with zero attached hydrogens (tertiary/aromatic N) is 2. The van der Waals surface area contributed by atoms with Crippen molar-refractivity contribution < 1.29 is 14.8 Å². The van der Waals surface area contributed by atoms with E-state index in [0.29, 0.717) is 0 Å². The predicted molar refractivity (Wildman–Crippen MR) is 54.2 cm³/mol. The van der Waals surface area contributed by atoms with Gasteiger partial charge in [0.05, 0.1) is 28.5 Å². The van der Waals surface area contributed by atoms with Crippen LogP contribution >= 0.6 is 11.6 Å². The average Bonchev–Trinajstić information content (AvgIpc) is 2.16. The topological polar surface area (TPSA) is 104 Å². The second kappa shape index (κ2) is 4.59. The molecule has 0 atom stereocenters. The van der Waals surface area contributed by atoms with Crippen LogP contribution < -0.4 is 0 Å². The maximum Gasteiger partial charge on any atom is 0.308 e. The maximum absolute atomic E-state index is 10.7. The molecule has 0 heterocycles. The molecule has 1 aromatic rings. The molecule has 0 unspecified atom stereocenters. The number of carboxylic acid groups (broad SMARTS) is 1. The Labute approximate surface area is 94.8 Å². The number of rotatable bonds is 3. The van der Waals surface area contributed by atoms with Gasteiger partial charge in [-0.15, -0.1) is 0 Å². The summed E-state index contributed by atoms with van der Waals surface area (Å²) in [5.74, 6) is -1.26. The van der Waals surface area contributed by atoms with Gasteiger partial charge in [-0.3, -0.25) is 14.9 Å². The Morgan fingerprint density at radius 3 is 2.69 bits per heavy atom. The van der Waals surface area contributed by atoms with Crippen LogP contribution in [-0.2, 0) is 11.2 Å². The zero-order valence-corrected chi connectivity index (χ0v) is 8.56. The van der Waals surface area contributed by atoms with E-state index in [0.717, 1.165) is 0 Å². The molecule has 0 saturated carbocycles. The number of aliphatic carboxylic acids is 1. The van der Waals surface area contributed by atoms with Crippen LogP contribution in [0.1, 0.15) is 11.1 Å². The Bertz CT molecular complexity index is 507. The lowest BCUT2D eigenvalue weighted by molar-refractivity contribution is -0.385. The Morgan fingerprint density at radius 1 is 1.62 bits per heavy atom. The Morgan fingerprint density at radius 2 is 2.25 bits per heavy atom. The number of carbonyl (C=O) groups is 1. The van der Waals surface area contributed by atoms with Gasteiger partial charge >= 0.3 is 5.97 Å². The van der Waals surface area contributed by atoms with Gasteiger partial charge in [0.1, 0.15) is 5.02 Å². The molecule has 0 aliphatic heterocycles. The van der Waals surface area contributed by atoms with Crippen LogP contribution in [0.15, 0.2) is 12.1 Å². The van der Waals surface area contributed by atoms with Crippen molar-refractivity contribution in [3.8, 4) is 6.07 Å². The van der Waals surface area contributed by atoms with Gasteiger partial charge in [-0.05, 0) is 12.1 Å². The van der Waals surface area contributed by atoms with Crippen molar-refractivity contribution in [2.24, 2.45) is 0 Å². The van der Waals surface area contributed by atoms with Gasteiger partial charge in [0, 0.05) is 0 Å².